The van der Waals surface area contributed by atoms with E-state index in [9.17, 15) is 14.7 Å². The van der Waals surface area contributed by atoms with E-state index in [0.29, 0.717) is 22.6 Å². The van der Waals surface area contributed by atoms with Crippen molar-refractivity contribution in [3.05, 3.63) is 83.6 Å². The Morgan fingerprint density at radius 3 is 1.91 bits per heavy atom. The van der Waals surface area contributed by atoms with Crippen LogP contribution < -0.4 is 14.8 Å². The molecular formula is C24H17ClN2O6. The Balaban J connectivity index is 1.83. The molecule has 0 bridgehead atoms. The molecule has 0 spiro atoms. The van der Waals surface area contributed by atoms with Gasteiger partial charge in [0, 0.05) is 10.8 Å². The predicted octanol–water partition coefficient (Wildman–Crippen LogP) is 4.99. The van der Waals surface area contributed by atoms with Crippen molar-refractivity contribution >= 4 is 34.2 Å². The lowest BCUT2D eigenvalue weighted by atomic mass is 10.1. The fraction of sp³-hybridized carbons (Fsp3) is 0.0417. The third kappa shape index (κ3) is 4.97. The topological polar surface area (TPSA) is 118 Å². The third-order valence-electron chi connectivity index (χ3n) is 4.55. The first-order valence-corrected chi connectivity index (χ1v) is 10.1. The Labute approximate surface area is 193 Å². The number of carbonyl (C=O) groups excluding carboxylic acids is 1. The first-order valence-electron chi connectivity index (χ1n) is 9.74. The number of para-hydroxylation sites is 2. The molecule has 166 valence electrons. The average molecular weight is 465 g/mol. The second kappa shape index (κ2) is 9.46. The summed E-state index contributed by atoms with van der Waals surface area (Å²) in [6.07, 6.45) is 0. The molecule has 0 fully saturated rings. The van der Waals surface area contributed by atoms with Crippen LogP contribution in [0.15, 0.2) is 72.8 Å². The number of nitrogens with zero attached hydrogens (tertiary/aromatic N) is 1. The number of pyridine rings is 1. The van der Waals surface area contributed by atoms with Gasteiger partial charge in [0.25, 0.3) is 5.91 Å². The summed E-state index contributed by atoms with van der Waals surface area (Å²) in [5, 5.41) is 22.1. The standard InChI is InChI=1S/C24H17ClN2O6/c25-23-17-12-19(33-15-9-5-2-6-10-15)18(32-14-7-3-1-4-8-14)11-16(17)22(30)21(27-23)24(31)26-13-20(28)29/h1-12,30H,13H2,(H,26,31)(H,28,29). The molecule has 33 heavy (non-hydrogen) atoms. The highest BCUT2D eigenvalue weighted by atomic mass is 35.5. The molecule has 1 amide bonds. The number of aliphatic carboxylic acids is 1. The number of halogens is 1. The van der Waals surface area contributed by atoms with Crippen LogP contribution in [0.2, 0.25) is 5.15 Å². The number of nitrogens with one attached hydrogen (secondary N) is 1. The molecular weight excluding hydrogens is 448 g/mol. The molecule has 0 saturated heterocycles. The van der Waals surface area contributed by atoms with Crippen LogP contribution in [-0.4, -0.2) is 33.6 Å². The fourth-order valence-corrected chi connectivity index (χ4v) is 3.29. The van der Waals surface area contributed by atoms with Crippen LogP contribution in [0.25, 0.3) is 10.8 Å². The van der Waals surface area contributed by atoms with Gasteiger partial charge in [0.05, 0.1) is 0 Å². The second-order valence-corrected chi connectivity index (χ2v) is 7.21. The maximum atomic E-state index is 12.3. The van der Waals surface area contributed by atoms with E-state index in [0.717, 1.165) is 0 Å². The smallest absolute Gasteiger partial charge is 0.322 e. The van der Waals surface area contributed by atoms with E-state index in [-0.39, 0.29) is 16.3 Å². The van der Waals surface area contributed by atoms with Gasteiger partial charge in [-0.15, -0.1) is 0 Å². The van der Waals surface area contributed by atoms with E-state index < -0.39 is 29.9 Å². The van der Waals surface area contributed by atoms with Crippen LogP contribution in [-0.2, 0) is 4.79 Å². The Bertz CT molecular complexity index is 1330. The molecule has 8 nitrogen and oxygen atoms in total. The Morgan fingerprint density at radius 2 is 1.39 bits per heavy atom. The molecule has 4 rings (SSSR count). The molecule has 0 atom stereocenters. The van der Waals surface area contributed by atoms with E-state index in [4.69, 9.17) is 26.2 Å². The van der Waals surface area contributed by atoms with Crippen LogP contribution in [0.4, 0.5) is 0 Å². The van der Waals surface area contributed by atoms with Gasteiger partial charge in [0.2, 0.25) is 0 Å². The van der Waals surface area contributed by atoms with Crippen LogP contribution in [0.1, 0.15) is 10.5 Å². The number of rotatable bonds is 7. The van der Waals surface area contributed by atoms with E-state index in [2.05, 4.69) is 10.3 Å². The van der Waals surface area contributed by atoms with Crippen molar-refractivity contribution < 1.29 is 29.3 Å². The molecule has 0 aliphatic heterocycles. The van der Waals surface area contributed by atoms with Gasteiger partial charge in [-0.2, -0.15) is 0 Å². The van der Waals surface area contributed by atoms with Gasteiger partial charge in [0.15, 0.2) is 22.9 Å². The number of hydrogen-bond donors (Lipinski definition) is 3. The zero-order valence-corrected chi connectivity index (χ0v) is 17.7. The number of carboxylic acids is 1. The third-order valence-corrected chi connectivity index (χ3v) is 4.84. The SMILES string of the molecule is O=C(O)CNC(=O)c1nc(Cl)c2cc(Oc3ccccc3)c(Oc3ccccc3)cc2c1O. The number of amides is 1. The number of aromatic hydroxyl groups is 1. The number of aromatic nitrogens is 1. The van der Waals surface area contributed by atoms with Crippen LogP contribution >= 0.6 is 11.6 Å². The molecule has 1 aromatic heterocycles. The summed E-state index contributed by atoms with van der Waals surface area (Å²) < 4.78 is 12.0. The lowest BCUT2D eigenvalue weighted by Gasteiger charge is -2.15. The van der Waals surface area contributed by atoms with Crippen LogP contribution in [0.5, 0.6) is 28.7 Å². The van der Waals surface area contributed by atoms with Crippen molar-refractivity contribution in [1.29, 1.82) is 0 Å². The quantitative estimate of drug-likeness (QED) is 0.329. The number of ether oxygens (including phenoxy) is 2. The van der Waals surface area contributed by atoms with Gasteiger partial charge in [0.1, 0.15) is 23.2 Å². The van der Waals surface area contributed by atoms with E-state index in [1.807, 2.05) is 24.3 Å². The fourth-order valence-electron chi connectivity index (χ4n) is 3.05. The molecule has 0 aliphatic carbocycles. The highest BCUT2D eigenvalue weighted by Crippen LogP contribution is 2.43. The molecule has 4 aromatic rings. The zero-order chi connectivity index (χ0) is 23.4. The van der Waals surface area contributed by atoms with E-state index >= 15 is 0 Å². The normalized spacial score (nSPS) is 10.6. The van der Waals surface area contributed by atoms with Gasteiger partial charge in [-0.3, -0.25) is 9.59 Å². The van der Waals surface area contributed by atoms with Crippen molar-refractivity contribution in [2.24, 2.45) is 0 Å². The number of fused-ring (bicyclic) bond motifs is 1. The molecule has 0 unspecified atom stereocenters. The Morgan fingerprint density at radius 1 is 0.879 bits per heavy atom. The minimum atomic E-state index is -1.24. The summed E-state index contributed by atoms with van der Waals surface area (Å²) in [5.74, 6) is -0.955. The summed E-state index contributed by atoms with van der Waals surface area (Å²) in [7, 11) is 0. The van der Waals surface area contributed by atoms with Crippen molar-refractivity contribution in [2.75, 3.05) is 6.54 Å². The second-order valence-electron chi connectivity index (χ2n) is 6.85. The lowest BCUT2D eigenvalue weighted by Crippen LogP contribution is -2.30. The number of benzene rings is 3. The van der Waals surface area contributed by atoms with Gasteiger partial charge in [-0.1, -0.05) is 48.0 Å². The van der Waals surface area contributed by atoms with Crippen LogP contribution in [0, 0.1) is 0 Å². The molecule has 0 radical (unpaired) electrons. The van der Waals surface area contributed by atoms with Crippen LogP contribution in [0.3, 0.4) is 0 Å². The summed E-state index contributed by atoms with van der Waals surface area (Å²) >= 11 is 6.31. The minimum Gasteiger partial charge on any atom is -0.505 e. The maximum absolute atomic E-state index is 12.3. The highest BCUT2D eigenvalue weighted by Gasteiger charge is 2.22. The summed E-state index contributed by atoms with van der Waals surface area (Å²) in [6, 6.07) is 21.0. The van der Waals surface area contributed by atoms with Gasteiger partial charge >= 0.3 is 5.97 Å². The predicted molar refractivity (Wildman–Crippen MR) is 121 cm³/mol. The minimum absolute atomic E-state index is 0.0764. The van der Waals surface area contributed by atoms with Crippen molar-refractivity contribution in [2.45, 2.75) is 0 Å². The largest absolute Gasteiger partial charge is 0.505 e. The first kappa shape index (κ1) is 21.9. The summed E-state index contributed by atoms with van der Waals surface area (Å²) in [5.41, 5.74) is -0.406. The van der Waals surface area contributed by atoms with Crippen molar-refractivity contribution in [3.63, 3.8) is 0 Å². The summed E-state index contributed by atoms with van der Waals surface area (Å²) in [4.78, 5) is 27.0. The monoisotopic (exact) mass is 464 g/mol. The molecule has 1 heterocycles. The molecule has 0 aliphatic rings. The van der Waals surface area contributed by atoms with E-state index in [1.54, 1.807) is 42.5 Å². The number of carbonyl (C=O) groups is 2. The first-order chi connectivity index (χ1) is 15.9. The summed E-state index contributed by atoms with van der Waals surface area (Å²) in [6.45, 7) is -0.637. The Hall–Kier alpha value is -4.30. The average Bonchev–Trinajstić information content (AvgIpc) is 2.82. The van der Waals surface area contributed by atoms with E-state index in [1.165, 1.54) is 6.07 Å². The van der Waals surface area contributed by atoms with Gasteiger partial charge < -0.3 is 25.0 Å². The Kier molecular flexibility index (Phi) is 6.28. The highest BCUT2D eigenvalue weighted by molar-refractivity contribution is 6.35. The maximum Gasteiger partial charge on any atom is 0.322 e. The van der Waals surface area contributed by atoms with Gasteiger partial charge in [-0.05, 0) is 36.4 Å². The molecule has 3 aromatic carbocycles. The van der Waals surface area contributed by atoms with Crippen molar-refractivity contribution in [1.82, 2.24) is 10.3 Å². The molecule has 9 heteroatoms. The van der Waals surface area contributed by atoms with Gasteiger partial charge in [-0.25, -0.2) is 4.98 Å². The van der Waals surface area contributed by atoms with Crippen molar-refractivity contribution in [3.8, 4) is 28.7 Å². The molecule has 3 N–H and O–H groups in total. The zero-order valence-electron chi connectivity index (χ0n) is 17.0. The lowest BCUT2D eigenvalue weighted by molar-refractivity contribution is -0.135. The number of hydrogen-bond acceptors (Lipinski definition) is 6. The molecule has 0 saturated carbocycles. The number of carboxylic acid groups (broad SMARTS) is 1.